The van der Waals surface area contributed by atoms with Gasteiger partial charge in [-0.05, 0) is 23.6 Å². The summed E-state index contributed by atoms with van der Waals surface area (Å²) in [5, 5.41) is 0. The summed E-state index contributed by atoms with van der Waals surface area (Å²) in [5.74, 6) is 0. The predicted octanol–water partition coefficient (Wildman–Crippen LogP) is 5.86. The highest BCUT2D eigenvalue weighted by atomic mass is 32.2. The average molecular weight is 259 g/mol. The fourth-order valence-corrected chi connectivity index (χ4v) is 5.34. The fourth-order valence-electron chi connectivity index (χ4n) is 1.85. The molecule has 2 heteroatoms. The largest absolute Gasteiger partial charge is 0.139 e. The number of allylic oxidation sites excluding steroid dienone is 1. The second-order valence-corrected chi connectivity index (χ2v) is 11.8. The maximum Gasteiger partial charge on any atom is 0.0853 e. The molecule has 0 N–H and O–H groups in total. The molecule has 0 aromatic heterocycles. The van der Waals surface area contributed by atoms with Gasteiger partial charge in [0.15, 0.2) is 0 Å². The third-order valence-corrected chi connectivity index (χ3v) is 7.59. The first kappa shape index (κ1) is 16.3. The van der Waals surface area contributed by atoms with E-state index in [2.05, 4.69) is 38.9 Å². The van der Waals surface area contributed by atoms with Crippen molar-refractivity contribution >= 4 is 19.8 Å². The molecule has 0 atom stereocenters. The van der Waals surface area contributed by atoms with Crippen molar-refractivity contribution in [3.05, 3.63) is 10.6 Å². The van der Waals surface area contributed by atoms with Gasteiger partial charge in [-0.15, -0.1) is 11.8 Å². The molecule has 0 radical (unpaired) electrons. The lowest BCUT2D eigenvalue weighted by Gasteiger charge is -2.18. The average Bonchev–Trinajstić information content (AvgIpc) is 2.20. The molecule has 0 saturated carbocycles. The Morgan fingerprint density at radius 2 is 1.56 bits per heavy atom. The van der Waals surface area contributed by atoms with Crippen molar-refractivity contribution < 1.29 is 0 Å². The quantitative estimate of drug-likeness (QED) is 0.368. The molecular formula is C14H30SSi. The molecule has 0 aliphatic carbocycles. The number of hydrogen-bond acceptors (Lipinski definition) is 1. The van der Waals surface area contributed by atoms with Crippen molar-refractivity contribution in [1.29, 1.82) is 0 Å². The minimum Gasteiger partial charge on any atom is -0.139 e. The molecule has 0 amide bonds. The van der Waals surface area contributed by atoms with Gasteiger partial charge in [-0.2, -0.15) is 0 Å². The van der Waals surface area contributed by atoms with Crippen LogP contribution in [0.3, 0.4) is 0 Å². The van der Waals surface area contributed by atoms with Crippen molar-refractivity contribution in [3.8, 4) is 0 Å². The first-order valence-electron chi connectivity index (χ1n) is 6.77. The minimum atomic E-state index is -1.04. The zero-order valence-electron chi connectivity index (χ0n) is 11.9. The summed E-state index contributed by atoms with van der Waals surface area (Å²) in [6, 6.07) is 0. The molecule has 0 rings (SSSR count). The van der Waals surface area contributed by atoms with Gasteiger partial charge in [0.2, 0.25) is 0 Å². The second kappa shape index (κ2) is 9.35. The van der Waals surface area contributed by atoms with Crippen LogP contribution in [0, 0.1) is 0 Å². The number of rotatable bonds is 9. The Kier molecular flexibility index (Phi) is 9.53. The predicted molar refractivity (Wildman–Crippen MR) is 82.9 cm³/mol. The third kappa shape index (κ3) is 8.46. The highest BCUT2D eigenvalue weighted by Gasteiger charge is 2.17. The lowest BCUT2D eigenvalue weighted by Crippen LogP contribution is -2.21. The Morgan fingerprint density at radius 1 is 1.00 bits per heavy atom. The van der Waals surface area contributed by atoms with Crippen LogP contribution in [0.5, 0.6) is 0 Å². The smallest absolute Gasteiger partial charge is 0.0853 e. The van der Waals surface area contributed by atoms with Crippen molar-refractivity contribution in [1.82, 2.24) is 0 Å². The van der Waals surface area contributed by atoms with E-state index in [-0.39, 0.29) is 0 Å². The summed E-state index contributed by atoms with van der Waals surface area (Å²) in [4.78, 5) is 0. The second-order valence-electron chi connectivity index (χ2n) is 5.58. The zero-order valence-corrected chi connectivity index (χ0v) is 13.8. The van der Waals surface area contributed by atoms with Crippen LogP contribution in [0.25, 0.3) is 0 Å². The van der Waals surface area contributed by atoms with Gasteiger partial charge < -0.3 is 0 Å². The van der Waals surface area contributed by atoms with Crippen LogP contribution in [-0.4, -0.2) is 14.3 Å². The Labute approximate surface area is 108 Å². The van der Waals surface area contributed by atoms with Gasteiger partial charge in [0, 0.05) is 0 Å². The van der Waals surface area contributed by atoms with Crippen molar-refractivity contribution in [2.24, 2.45) is 0 Å². The van der Waals surface area contributed by atoms with Crippen LogP contribution in [0.1, 0.15) is 51.9 Å². The van der Waals surface area contributed by atoms with Gasteiger partial charge in [0.25, 0.3) is 0 Å². The van der Waals surface area contributed by atoms with Gasteiger partial charge >= 0.3 is 0 Å². The molecule has 0 heterocycles. The molecule has 0 aliphatic rings. The maximum atomic E-state index is 2.51. The van der Waals surface area contributed by atoms with Crippen LogP contribution in [-0.2, 0) is 0 Å². The molecule has 0 fully saturated rings. The monoisotopic (exact) mass is 258 g/mol. The van der Waals surface area contributed by atoms with Gasteiger partial charge in [0.1, 0.15) is 0 Å². The standard InChI is InChI=1S/C14H30SSi/c1-6-7-8-9-10-11-12-13-14(15-2)16(3,4)5/h13H,6-12H2,1-5H3. The van der Waals surface area contributed by atoms with E-state index >= 15 is 0 Å². The van der Waals surface area contributed by atoms with Crippen molar-refractivity contribution in [2.75, 3.05) is 6.26 Å². The van der Waals surface area contributed by atoms with E-state index in [4.69, 9.17) is 0 Å². The highest BCUT2D eigenvalue weighted by Crippen LogP contribution is 2.25. The van der Waals surface area contributed by atoms with E-state index in [9.17, 15) is 0 Å². The summed E-state index contributed by atoms with van der Waals surface area (Å²) in [5.41, 5.74) is 0. The summed E-state index contributed by atoms with van der Waals surface area (Å²) in [6.07, 6.45) is 14.5. The Balaban J connectivity index is 3.65. The zero-order chi connectivity index (χ0) is 12.4. The molecule has 0 saturated heterocycles. The van der Waals surface area contributed by atoms with E-state index < -0.39 is 8.07 Å². The van der Waals surface area contributed by atoms with E-state index in [1.54, 1.807) is 4.53 Å². The van der Waals surface area contributed by atoms with E-state index in [0.717, 1.165) is 0 Å². The number of thioether (sulfide) groups is 1. The first-order chi connectivity index (χ1) is 7.52. The number of unbranched alkanes of at least 4 members (excludes halogenated alkanes) is 6. The van der Waals surface area contributed by atoms with Crippen LogP contribution in [0.2, 0.25) is 19.6 Å². The van der Waals surface area contributed by atoms with Crippen LogP contribution in [0.4, 0.5) is 0 Å². The van der Waals surface area contributed by atoms with Gasteiger partial charge in [-0.3, -0.25) is 0 Å². The molecular weight excluding hydrogens is 228 g/mol. The lowest BCUT2D eigenvalue weighted by molar-refractivity contribution is 0.611. The van der Waals surface area contributed by atoms with Gasteiger partial charge in [-0.1, -0.05) is 64.7 Å². The molecule has 0 aromatic carbocycles. The third-order valence-electron chi connectivity index (χ3n) is 2.85. The van der Waals surface area contributed by atoms with Gasteiger partial charge in [0.05, 0.1) is 8.07 Å². The van der Waals surface area contributed by atoms with Crippen LogP contribution < -0.4 is 0 Å². The molecule has 0 spiro atoms. The lowest BCUT2D eigenvalue weighted by atomic mass is 10.1. The summed E-state index contributed by atoms with van der Waals surface area (Å²) < 4.78 is 1.68. The van der Waals surface area contributed by atoms with E-state index in [1.807, 2.05) is 11.8 Å². The first-order valence-corrected chi connectivity index (χ1v) is 11.5. The van der Waals surface area contributed by atoms with Crippen LogP contribution >= 0.6 is 11.8 Å². The Hall–Kier alpha value is 0.307. The van der Waals surface area contributed by atoms with Gasteiger partial charge in [-0.25, -0.2) is 0 Å². The minimum absolute atomic E-state index is 1.04. The maximum absolute atomic E-state index is 2.51. The topological polar surface area (TPSA) is 0 Å². The summed E-state index contributed by atoms with van der Waals surface area (Å²) in [6.45, 7) is 9.60. The van der Waals surface area contributed by atoms with E-state index in [0.29, 0.717) is 0 Å². The molecule has 0 aliphatic heterocycles. The Bertz CT molecular complexity index is 191. The summed E-state index contributed by atoms with van der Waals surface area (Å²) in [7, 11) is -1.04. The SMILES string of the molecule is CCCCCCCCC=C(SC)[Si](C)(C)C. The fraction of sp³-hybridized carbons (Fsp3) is 0.857. The molecule has 0 unspecified atom stereocenters. The van der Waals surface area contributed by atoms with Crippen molar-refractivity contribution in [3.63, 3.8) is 0 Å². The highest BCUT2D eigenvalue weighted by molar-refractivity contribution is 8.04. The molecule has 0 bridgehead atoms. The number of hydrogen-bond donors (Lipinski definition) is 0. The molecule has 96 valence electrons. The normalized spacial score (nSPS) is 13.2. The molecule has 0 nitrogen and oxygen atoms in total. The molecule has 0 aromatic rings. The van der Waals surface area contributed by atoms with Crippen LogP contribution in [0.15, 0.2) is 10.6 Å². The molecule has 16 heavy (non-hydrogen) atoms. The van der Waals surface area contributed by atoms with E-state index in [1.165, 1.54) is 44.9 Å². The Morgan fingerprint density at radius 3 is 2.06 bits per heavy atom. The summed E-state index contributed by atoms with van der Waals surface area (Å²) >= 11 is 1.97. The van der Waals surface area contributed by atoms with Crippen molar-refractivity contribution in [2.45, 2.75) is 71.5 Å².